The summed E-state index contributed by atoms with van der Waals surface area (Å²) in [6, 6.07) is 0. The Morgan fingerprint density at radius 1 is 1.00 bits per heavy atom. The molecule has 112 valence electrons. The lowest BCUT2D eigenvalue weighted by atomic mass is 9.49. The monoisotopic (exact) mass is 275 g/mol. The molecule has 4 aliphatic carbocycles. The molecule has 5 fully saturated rings. The molecule has 0 unspecified atom stereocenters. The first-order chi connectivity index (χ1) is 9.46. The maximum Gasteiger partial charge on any atom is 0.228 e. The standard InChI is InChI=1S/C18H29NO/c1-17(2)4-3-5-19(12-17)16(20)18-9-13-6-14(10-18)8-15(7-13)11-18/h13-15H,3-12H2,1-2H3. The lowest BCUT2D eigenvalue weighted by Crippen LogP contribution is -2.56. The molecule has 1 saturated heterocycles. The fourth-order valence-electron chi connectivity index (χ4n) is 6.30. The summed E-state index contributed by atoms with van der Waals surface area (Å²) in [5.74, 6) is 3.18. The molecule has 5 rings (SSSR count). The van der Waals surface area contributed by atoms with Gasteiger partial charge in [-0.05, 0) is 74.5 Å². The smallest absolute Gasteiger partial charge is 0.228 e. The molecule has 5 aliphatic rings. The lowest BCUT2D eigenvalue weighted by Gasteiger charge is -2.57. The zero-order valence-corrected chi connectivity index (χ0v) is 13.2. The van der Waals surface area contributed by atoms with Crippen LogP contribution < -0.4 is 0 Å². The second-order valence-corrected chi connectivity index (χ2v) is 9.19. The Morgan fingerprint density at radius 2 is 1.55 bits per heavy atom. The molecular weight excluding hydrogens is 246 g/mol. The Balaban J connectivity index is 1.56. The predicted octanol–water partition coefficient (Wildman–Crippen LogP) is 3.85. The number of likely N-dealkylation sites (tertiary alicyclic amines) is 1. The van der Waals surface area contributed by atoms with Crippen LogP contribution in [0.15, 0.2) is 0 Å². The molecule has 1 heterocycles. The summed E-state index contributed by atoms with van der Waals surface area (Å²) in [5, 5.41) is 0. The topological polar surface area (TPSA) is 20.3 Å². The summed E-state index contributed by atoms with van der Waals surface area (Å²) < 4.78 is 0. The highest BCUT2D eigenvalue weighted by atomic mass is 16.2. The Bertz CT molecular complexity index is 390. The molecule has 1 aliphatic heterocycles. The van der Waals surface area contributed by atoms with Crippen LogP contribution in [-0.2, 0) is 4.79 Å². The zero-order valence-electron chi connectivity index (χ0n) is 13.2. The minimum absolute atomic E-state index is 0.0716. The quantitative estimate of drug-likeness (QED) is 0.712. The molecule has 1 amide bonds. The normalized spacial score (nSPS) is 45.7. The number of hydrogen-bond donors (Lipinski definition) is 0. The van der Waals surface area contributed by atoms with Gasteiger partial charge in [0.15, 0.2) is 0 Å². The van der Waals surface area contributed by atoms with E-state index >= 15 is 0 Å². The number of piperidine rings is 1. The molecule has 0 N–H and O–H groups in total. The van der Waals surface area contributed by atoms with Crippen molar-refractivity contribution in [1.82, 2.24) is 4.90 Å². The van der Waals surface area contributed by atoms with Crippen molar-refractivity contribution in [3.8, 4) is 0 Å². The third kappa shape index (κ3) is 2.02. The number of rotatable bonds is 1. The Morgan fingerprint density at radius 3 is 2.05 bits per heavy atom. The molecule has 0 atom stereocenters. The average molecular weight is 275 g/mol. The molecule has 2 heteroatoms. The first-order valence-electron chi connectivity index (χ1n) is 8.75. The van der Waals surface area contributed by atoms with Crippen LogP contribution in [0.25, 0.3) is 0 Å². The van der Waals surface area contributed by atoms with Crippen LogP contribution >= 0.6 is 0 Å². The summed E-state index contributed by atoms with van der Waals surface area (Å²) >= 11 is 0. The summed E-state index contributed by atoms with van der Waals surface area (Å²) in [6.07, 6.45) is 10.4. The van der Waals surface area contributed by atoms with Gasteiger partial charge in [0, 0.05) is 13.1 Å². The summed E-state index contributed by atoms with van der Waals surface area (Å²) in [5.41, 5.74) is 0.401. The van der Waals surface area contributed by atoms with Gasteiger partial charge >= 0.3 is 0 Å². The van der Waals surface area contributed by atoms with Crippen LogP contribution in [0.3, 0.4) is 0 Å². The van der Waals surface area contributed by atoms with Crippen molar-refractivity contribution in [3.63, 3.8) is 0 Å². The van der Waals surface area contributed by atoms with Gasteiger partial charge in [-0.2, -0.15) is 0 Å². The fraction of sp³-hybridized carbons (Fsp3) is 0.944. The molecule has 0 aromatic carbocycles. The summed E-state index contributed by atoms with van der Waals surface area (Å²) in [6.45, 7) is 6.66. The molecule has 4 bridgehead atoms. The molecule has 2 nitrogen and oxygen atoms in total. The number of hydrogen-bond acceptors (Lipinski definition) is 1. The van der Waals surface area contributed by atoms with Crippen molar-refractivity contribution >= 4 is 5.91 Å². The van der Waals surface area contributed by atoms with Crippen LogP contribution in [0.5, 0.6) is 0 Å². The van der Waals surface area contributed by atoms with E-state index in [0.717, 1.165) is 30.8 Å². The largest absolute Gasteiger partial charge is 0.342 e. The van der Waals surface area contributed by atoms with Gasteiger partial charge in [-0.1, -0.05) is 13.8 Å². The minimum Gasteiger partial charge on any atom is -0.342 e. The summed E-state index contributed by atoms with van der Waals surface area (Å²) in [7, 11) is 0. The van der Waals surface area contributed by atoms with E-state index in [1.165, 1.54) is 51.4 Å². The Kier molecular flexibility index (Phi) is 2.79. The van der Waals surface area contributed by atoms with E-state index in [2.05, 4.69) is 18.7 Å². The Labute approximate surface area is 123 Å². The van der Waals surface area contributed by atoms with Crippen molar-refractivity contribution in [2.24, 2.45) is 28.6 Å². The number of carbonyl (C=O) groups is 1. The lowest BCUT2D eigenvalue weighted by molar-refractivity contribution is -0.160. The van der Waals surface area contributed by atoms with Crippen molar-refractivity contribution in [1.29, 1.82) is 0 Å². The van der Waals surface area contributed by atoms with E-state index in [9.17, 15) is 4.79 Å². The van der Waals surface area contributed by atoms with Crippen LogP contribution in [0.4, 0.5) is 0 Å². The molecule has 0 aromatic heterocycles. The maximum atomic E-state index is 13.3. The van der Waals surface area contributed by atoms with E-state index < -0.39 is 0 Å². The van der Waals surface area contributed by atoms with Gasteiger partial charge in [0.05, 0.1) is 5.41 Å². The van der Waals surface area contributed by atoms with E-state index in [1.54, 1.807) is 0 Å². The second kappa shape index (κ2) is 4.24. The van der Waals surface area contributed by atoms with Crippen molar-refractivity contribution in [2.45, 2.75) is 65.2 Å². The van der Waals surface area contributed by atoms with Gasteiger partial charge in [0.1, 0.15) is 0 Å². The average Bonchev–Trinajstić information content (AvgIpc) is 2.35. The highest BCUT2D eigenvalue weighted by Crippen LogP contribution is 2.60. The van der Waals surface area contributed by atoms with Gasteiger partial charge in [0.2, 0.25) is 5.91 Å². The molecule has 0 radical (unpaired) electrons. The van der Waals surface area contributed by atoms with Gasteiger partial charge in [-0.3, -0.25) is 4.79 Å². The van der Waals surface area contributed by atoms with Gasteiger partial charge < -0.3 is 4.90 Å². The fourth-order valence-corrected chi connectivity index (χ4v) is 6.30. The Hall–Kier alpha value is -0.530. The second-order valence-electron chi connectivity index (χ2n) is 9.19. The predicted molar refractivity (Wildman–Crippen MR) is 80.2 cm³/mol. The first-order valence-corrected chi connectivity index (χ1v) is 8.75. The molecule has 4 saturated carbocycles. The molecule has 0 spiro atoms. The van der Waals surface area contributed by atoms with E-state index in [0.29, 0.717) is 11.3 Å². The minimum atomic E-state index is 0.0716. The van der Waals surface area contributed by atoms with Gasteiger partial charge in [-0.25, -0.2) is 0 Å². The SMILES string of the molecule is CC1(C)CCCN(C(=O)C23CC4CC(CC(C4)C2)C3)C1. The molecule has 20 heavy (non-hydrogen) atoms. The van der Waals surface area contributed by atoms with E-state index in [4.69, 9.17) is 0 Å². The zero-order chi connectivity index (χ0) is 14.0. The van der Waals surface area contributed by atoms with Crippen molar-refractivity contribution < 1.29 is 4.79 Å². The van der Waals surface area contributed by atoms with Gasteiger partial charge in [0.25, 0.3) is 0 Å². The number of carbonyl (C=O) groups excluding carboxylic acids is 1. The summed E-state index contributed by atoms with van der Waals surface area (Å²) in [4.78, 5) is 15.5. The van der Waals surface area contributed by atoms with Crippen LogP contribution in [0.2, 0.25) is 0 Å². The number of amides is 1. The number of nitrogens with zero attached hydrogens (tertiary/aromatic N) is 1. The first kappa shape index (κ1) is 13.2. The van der Waals surface area contributed by atoms with Crippen LogP contribution in [0, 0.1) is 28.6 Å². The maximum absolute atomic E-state index is 13.3. The van der Waals surface area contributed by atoms with E-state index in [-0.39, 0.29) is 5.41 Å². The van der Waals surface area contributed by atoms with Gasteiger partial charge in [-0.15, -0.1) is 0 Å². The molecular formula is C18H29NO. The van der Waals surface area contributed by atoms with Crippen LogP contribution in [-0.4, -0.2) is 23.9 Å². The third-order valence-corrected chi connectivity index (χ3v) is 6.68. The third-order valence-electron chi connectivity index (χ3n) is 6.68. The molecule has 0 aromatic rings. The highest BCUT2D eigenvalue weighted by molar-refractivity contribution is 5.83. The van der Waals surface area contributed by atoms with Crippen molar-refractivity contribution in [2.75, 3.05) is 13.1 Å². The van der Waals surface area contributed by atoms with Crippen molar-refractivity contribution in [3.05, 3.63) is 0 Å². The highest BCUT2D eigenvalue weighted by Gasteiger charge is 2.55. The van der Waals surface area contributed by atoms with E-state index in [1.807, 2.05) is 0 Å². The van der Waals surface area contributed by atoms with Crippen LogP contribution in [0.1, 0.15) is 65.2 Å².